The normalized spacial score (nSPS) is 12.0. The first kappa shape index (κ1) is 11.5. The number of hydrogen-bond acceptors (Lipinski definition) is 2. The average Bonchev–Trinajstić information content (AvgIpc) is 2.48. The summed E-state index contributed by atoms with van der Waals surface area (Å²) in [5, 5.41) is 3.40. The van der Waals surface area contributed by atoms with E-state index in [2.05, 4.69) is 47.2 Å². The zero-order chi connectivity index (χ0) is 9.90. The Bertz CT molecular complexity index is 272. The molecule has 1 nitrogen and oxygen atoms in total. The fraction of sp³-hybridized carbons (Fsp3) is 0.556. The van der Waals surface area contributed by atoms with Gasteiger partial charge < -0.3 is 5.32 Å². The predicted molar refractivity (Wildman–Crippen MR) is 63.7 cm³/mol. The summed E-state index contributed by atoms with van der Waals surface area (Å²) in [7, 11) is 0. The molecule has 0 saturated heterocycles. The summed E-state index contributed by atoms with van der Waals surface area (Å²) >= 11 is 11.0. The highest BCUT2D eigenvalue weighted by molar-refractivity contribution is 9.11. The Hall–Kier alpha value is 0.430. The van der Waals surface area contributed by atoms with Crippen LogP contribution in [-0.4, -0.2) is 11.4 Å². The van der Waals surface area contributed by atoms with Crippen LogP contribution in [0.25, 0.3) is 0 Å². The first-order chi connectivity index (χ1) is 6.03. The van der Waals surface area contributed by atoms with Crippen LogP contribution in [0.2, 0.25) is 0 Å². The van der Waals surface area contributed by atoms with Crippen LogP contribution in [0.15, 0.2) is 15.9 Å². The first-order valence-electron chi connectivity index (χ1n) is 4.09. The molecule has 0 atom stereocenters. The van der Waals surface area contributed by atoms with Crippen molar-refractivity contribution in [2.75, 3.05) is 5.88 Å². The topological polar surface area (TPSA) is 12.0 Å². The first-order valence-corrected chi connectivity index (χ1v) is 6.23. The molecule has 0 radical (unpaired) electrons. The van der Waals surface area contributed by atoms with E-state index in [1.165, 1.54) is 8.66 Å². The molecule has 0 aliphatic carbocycles. The lowest BCUT2D eigenvalue weighted by molar-refractivity contribution is 0.431. The van der Waals surface area contributed by atoms with Gasteiger partial charge in [-0.1, -0.05) is 0 Å². The SMILES string of the molecule is CC(C)(CCl)NCc1ccc(Br)s1. The Morgan fingerprint density at radius 3 is 2.69 bits per heavy atom. The number of hydrogen-bond donors (Lipinski definition) is 1. The second kappa shape index (κ2) is 4.78. The molecular formula is C9H13BrClNS. The molecular weight excluding hydrogens is 270 g/mol. The van der Waals surface area contributed by atoms with E-state index in [-0.39, 0.29) is 5.54 Å². The zero-order valence-corrected chi connectivity index (χ0v) is 10.9. The standard InChI is InChI=1S/C9H13BrClNS/c1-9(2,6-11)12-5-7-3-4-8(10)13-7/h3-4,12H,5-6H2,1-2H3. The number of rotatable bonds is 4. The summed E-state index contributed by atoms with van der Waals surface area (Å²) in [6.07, 6.45) is 0. The molecule has 74 valence electrons. The van der Waals surface area contributed by atoms with Crippen molar-refractivity contribution in [2.24, 2.45) is 0 Å². The van der Waals surface area contributed by atoms with Gasteiger partial charge in [0.2, 0.25) is 0 Å². The lowest BCUT2D eigenvalue weighted by Crippen LogP contribution is -2.40. The van der Waals surface area contributed by atoms with Crippen molar-refractivity contribution in [3.63, 3.8) is 0 Å². The predicted octanol–water partition coefficient (Wildman–Crippen LogP) is 3.62. The van der Waals surface area contributed by atoms with Gasteiger partial charge in [0.15, 0.2) is 0 Å². The summed E-state index contributed by atoms with van der Waals surface area (Å²) < 4.78 is 1.17. The highest BCUT2D eigenvalue weighted by Gasteiger charge is 2.14. The van der Waals surface area contributed by atoms with E-state index in [0.29, 0.717) is 5.88 Å². The molecule has 0 spiro atoms. The number of alkyl halides is 1. The van der Waals surface area contributed by atoms with Crippen LogP contribution >= 0.6 is 38.9 Å². The second-order valence-corrected chi connectivity index (χ2v) is 6.39. The van der Waals surface area contributed by atoms with Crippen LogP contribution in [-0.2, 0) is 6.54 Å². The molecule has 1 aromatic heterocycles. The molecule has 1 rings (SSSR count). The third kappa shape index (κ3) is 3.98. The molecule has 0 aliphatic heterocycles. The Labute approximate surface area is 96.6 Å². The van der Waals surface area contributed by atoms with Crippen LogP contribution in [0, 0.1) is 0 Å². The number of nitrogens with one attached hydrogen (secondary N) is 1. The molecule has 0 aliphatic rings. The molecule has 13 heavy (non-hydrogen) atoms. The fourth-order valence-corrected chi connectivity index (χ4v) is 2.34. The number of thiophene rings is 1. The summed E-state index contributed by atoms with van der Waals surface area (Å²) in [5.41, 5.74) is 0.0119. The highest BCUT2D eigenvalue weighted by atomic mass is 79.9. The highest BCUT2D eigenvalue weighted by Crippen LogP contribution is 2.22. The minimum Gasteiger partial charge on any atom is -0.306 e. The molecule has 1 heterocycles. The van der Waals surface area contributed by atoms with Gasteiger partial charge >= 0.3 is 0 Å². The van der Waals surface area contributed by atoms with Gasteiger partial charge in [-0.15, -0.1) is 22.9 Å². The largest absolute Gasteiger partial charge is 0.306 e. The summed E-state index contributed by atoms with van der Waals surface area (Å²) in [6.45, 7) is 5.08. The molecule has 0 aromatic carbocycles. The molecule has 1 aromatic rings. The minimum absolute atomic E-state index is 0.0119. The van der Waals surface area contributed by atoms with Crippen LogP contribution < -0.4 is 5.32 Å². The second-order valence-electron chi connectivity index (χ2n) is 3.58. The fourth-order valence-electron chi connectivity index (χ4n) is 0.820. The van der Waals surface area contributed by atoms with E-state index in [1.807, 2.05) is 0 Å². The summed E-state index contributed by atoms with van der Waals surface area (Å²) in [6, 6.07) is 4.18. The zero-order valence-electron chi connectivity index (χ0n) is 7.73. The smallest absolute Gasteiger partial charge is 0.0701 e. The Balaban J connectivity index is 2.43. The molecule has 0 bridgehead atoms. The molecule has 0 amide bonds. The van der Waals surface area contributed by atoms with E-state index in [0.717, 1.165) is 6.54 Å². The lowest BCUT2D eigenvalue weighted by atomic mass is 10.1. The number of halogens is 2. The van der Waals surface area contributed by atoms with Gasteiger partial charge in [-0.25, -0.2) is 0 Å². The van der Waals surface area contributed by atoms with Crippen molar-refractivity contribution in [3.8, 4) is 0 Å². The Kier molecular flexibility index (Phi) is 4.23. The van der Waals surface area contributed by atoms with Gasteiger partial charge in [0.1, 0.15) is 0 Å². The van der Waals surface area contributed by atoms with Crippen LogP contribution in [0.4, 0.5) is 0 Å². The van der Waals surface area contributed by atoms with E-state index >= 15 is 0 Å². The van der Waals surface area contributed by atoms with Crippen LogP contribution in [0.3, 0.4) is 0 Å². The quantitative estimate of drug-likeness (QED) is 0.832. The van der Waals surface area contributed by atoms with Crippen LogP contribution in [0.5, 0.6) is 0 Å². The van der Waals surface area contributed by atoms with E-state index in [9.17, 15) is 0 Å². The molecule has 4 heteroatoms. The summed E-state index contributed by atoms with van der Waals surface area (Å²) in [4.78, 5) is 1.32. The monoisotopic (exact) mass is 281 g/mol. The average molecular weight is 283 g/mol. The van der Waals surface area contributed by atoms with Crippen molar-refractivity contribution < 1.29 is 0 Å². The van der Waals surface area contributed by atoms with Gasteiger partial charge in [0.25, 0.3) is 0 Å². The Morgan fingerprint density at radius 2 is 2.23 bits per heavy atom. The third-order valence-electron chi connectivity index (χ3n) is 1.70. The lowest BCUT2D eigenvalue weighted by Gasteiger charge is -2.22. The van der Waals surface area contributed by atoms with E-state index < -0.39 is 0 Å². The van der Waals surface area contributed by atoms with Crippen LogP contribution in [0.1, 0.15) is 18.7 Å². The van der Waals surface area contributed by atoms with Gasteiger partial charge in [0.05, 0.1) is 3.79 Å². The van der Waals surface area contributed by atoms with E-state index in [1.54, 1.807) is 11.3 Å². The molecule has 1 N–H and O–H groups in total. The maximum absolute atomic E-state index is 5.80. The van der Waals surface area contributed by atoms with Crippen molar-refractivity contribution in [2.45, 2.75) is 25.9 Å². The molecule has 0 saturated carbocycles. The molecule has 0 unspecified atom stereocenters. The van der Waals surface area contributed by atoms with Crippen molar-refractivity contribution in [1.82, 2.24) is 5.32 Å². The van der Waals surface area contributed by atoms with Crippen molar-refractivity contribution in [3.05, 3.63) is 20.8 Å². The van der Waals surface area contributed by atoms with Crippen molar-refractivity contribution in [1.29, 1.82) is 0 Å². The van der Waals surface area contributed by atoms with Crippen molar-refractivity contribution >= 4 is 38.9 Å². The summed E-state index contributed by atoms with van der Waals surface area (Å²) in [5.74, 6) is 0.625. The van der Waals surface area contributed by atoms with Gasteiger partial charge in [0, 0.05) is 22.8 Å². The van der Waals surface area contributed by atoms with Gasteiger partial charge in [-0.2, -0.15) is 0 Å². The van der Waals surface area contributed by atoms with E-state index in [4.69, 9.17) is 11.6 Å². The maximum atomic E-state index is 5.80. The van der Waals surface area contributed by atoms with Gasteiger partial charge in [-0.05, 0) is 41.9 Å². The Morgan fingerprint density at radius 1 is 1.54 bits per heavy atom. The maximum Gasteiger partial charge on any atom is 0.0701 e. The minimum atomic E-state index is 0.0119. The molecule has 0 fully saturated rings. The third-order valence-corrected chi connectivity index (χ3v) is 4.00. The van der Waals surface area contributed by atoms with Gasteiger partial charge in [-0.3, -0.25) is 0 Å².